The molecule has 21 heavy (non-hydrogen) atoms. The van der Waals surface area contributed by atoms with Gasteiger partial charge >= 0.3 is 0 Å². The van der Waals surface area contributed by atoms with Crippen molar-refractivity contribution in [1.82, 2.24) is 5.32 Å². The molecular formula is C19H26N2. The molecule has 1 aliphatic rings. The summed E-state index contributed by atoms with van der Waals surface area (Å²) < 4.78 is 0. The summed E-state index contributed by atoms with van der Waals surface area (Å²) >= 11 is 0. The van der Waals surface area contributed by atoms with Gasteiger partial charge in [-0.2, -0.15) is 0 Å². The van der Waals surface area contributed by atoms with Crippen molar-refractivity contribution in [3.05, 3.63) is 42.5 Å². The first-order valence-electron chi connectivity index (χ1n) is 8.26. The van der Waals surface area contributed by atoms with Crippen LogP contribution in [0.4, 0.5) is 5.69 Å². The highest BCUT2D eigenvalue weighted by Crippen LogP contribution is 2.30. The van der Waals surface area contributed by atoms with Crippen molar-refractivity contribution in [2.45, 2.75) is 38.6 Å². The lowest BCUT2D eigenvalue weighted by molar-refractivity contribution is 0.363. The van der Waals surface area contributed by atoms with Crippen molar-refractivity contribution in [3.8, 4) is 0 Å². The molecule has 0 amide bonds. The molecule has 0 aliphatic carbocycles. The Labute approximate surface area is 128 Å². The van der Waals surface area contributed by atoms with Gasteiger partial charge in [0.25, 0.3) is 0 Å². The average molecular weight is 282 g/mol. The highest BCUT2D eigenvalue weighted by Gasteiger charge is 2.33. The van der Waals surface area contributed by atoms with Crippen LogP contribution in [-0.2, 0) is 0 Å². The molecule has 1 N–H and O–H groups in total. The van der Waals surface area contributed by atoms with Gasteiger partial charge in [-0.3, -0.25) is 0 Å². The smallest absolute Gasteiger partial charge is 0.0446 e. The molecule has 3 rings (SSSR count). The predicted octanol–water partition coefficient (Wildman–Crippen LogP) is 4.20. The third-order valence-electron chi connectivity index (χ3n) is 4.99. The summed E-state index contributed by atoms with van der Waals surface area (Å²) in [5.41, 5.74) is 1.67. The summed E-state index contributed by atoms with van der Waals surface area (Å²) in [6.07, 6.45) is 3.81. The van der Waals surface area contributed by atoms with Crippen molar-refractivity contribution in [1.29, 1.82) is 0 Å². The Hall–Kier alpha value is -1.54. The monoisotopic (exact) mass is 282 g/mol. The molecule has 0 spiro atoms. The second-order valence-electron chi connectivity index (χ2n) is 6.18. The van der Waals surface area contributed by atoms with Gasteiger partial charge < -0.3 is 10.2 Å². The number of hydrogen-bond acceptors (Lipinski definition) is 2. The molecule has 2 heteroatoms. The van der Waals surface area contributed by atoms with Gasteiger partial charge in [0, 0.05) is 29.7 Å². The quantitative estimate of drug-likeness (QED) is 0.884. The van der Waals surface area contributed by atoms with Crippen molar-refractivity contribution in [2.75, 3.05) is 24.5 Å². The van der Waals surface area contributed by atoms with Gasteiger partial charge in [0.15, 0.2) is 0 Å². The zero-order valence-corrected chi connectivity index (χ0v) is 13.2. The average Bonchev–Trinajstić information content (AvgIpc) is 3.01. The number of rotatable bonds is 5. The number of hydrogen-bond donors (Lipinski definition) is 1. The van der Waals surface area contributed by atoms with Crippen LogP contribution >= 0.6 is 0 Å². The van der Waals surface area contributed by atoms with E-state index in [1.54, 1.807) is 0 Å². The van der Waals surface area contributed by atoms with Crippen LogP contribution in [0, 0.1) is 0 Å². The number of benzene rings is 2. The Morgan fingerprint density at radius 3 is 2.62 bits per heavy atom. The van der Waals surface area contributed by atoms with Crippen molar-refractivity contribution < 1.29 is 0 Å². The molecule has 1 saturated heterocycles. The molecule has 1 heterocycles. The standard InChI is InChI=1S/C19H26N2/c1-3-19(13-8-14-20-19)15-21(4-2)18-12-7-10-16-9-5-6-11-17(16)18/h5-7,9-12,20H,3-4,8,13-15H2,1-2H3. The van der Waals surface area contributed by atoms with Crippen LogP contribution < -0.4 is 10.2 Å². The maximum absolute atomic E-state index is 3.76. The van der Waals surface area contributed by atoms with E-state index < -0.39 is 0 Å². The fourth-order valence-electron chi connectivity index (χ4n) is 3.63. The fourth-order valence-corrected chi connectivity index (χ4v) is 3.63. The summed E-state index contributed by atoms with van der Waals surface area (Å²) in [5, 5.41) is 6.46. The summed E-state index contributed by atoms with van der Waals surface area (Å²) in [7, 11) is 0. The summed E-state index contributed by atoms with van der Waals surface area (Å²) in [5.74, 6) is 0. The van der Waals surface area contributed by atoms with E-state index in [4.69, 9.17) is 0 Å². The van der Waals surface area contributed by atoms with E-state index in [-0.39, 0.29) is 0 Å². The minimum atomic E-state index is 0.299. The van der Waals surface area contributed by atoms with Crippen LogP contribution in [0.15, 0.2) is 42.5 Å². The second kappa shape index (κ2) is 6.07. The summed E-state index contributed by atoms with van der Waals surface area (Å²) in [6.45, 7) is 7.90. The van der Waals surface area contributed by atoms with E-state index in [0.717, 1.165) is 13.1 Å². The summed E-state index contributed by atoms with van der Waals surface area (Å²) in [6, 6.07) is 15.4. The number of nitrogens with one attached hydrogen (secondary N) is 1. The molecule has 2 nitrogen and oxygen atoms in total. The van der Waals surface area contributed by atoms with E-state index in [0.29, 0.717) is 5.54 Å². The maximum atomic E-state index is 3.76. The predicted molar refractivity (Wildman–Crippen MR) is 92.1 cm³/mol. The van der Waals surface area contributed by atoms with Gasteiger partial charge in [0.1, 0.15) is 0 Å². The third kappa shape index (κ3) is 2.77. The molecule has 0 radical (unpaired) electrons. The highest BCUT2D eigenvalue weighted by atomic mass is 15.2. The van der Waals surface area contributed by atoms with E-state index in [1.165, 1.54) is 42.3 Å². The van der Waals surface area contributed by atoms with Crippen molar-refractivity contribution in [2.24, 2.45) is 0 Å². The normalized spacial score (nSPS) is 21.8. The minimum Gasteiger partial charge on any atom is -0.369 e. The van der Waals surface area contributed by atoms with E-state index >= 15 is 0 Å². The van der Waals surface area contributed by atoms with Gasteiger partial charge in [0.2, 0.25) is 0 Å². The number of anilines is 1. The van der Waals surface area contributed by atoms with Gasteiger partial charge in [-0.15, -0.1) is 0 Å². The molecule has 2 aromatic rings. The lowest BCUT2D eigenvalue weighted by Crippen LogP contribution is -2.49. The number of fused-ring (bicyclic) bond motifs is 1. The first-order valence-corrected chi connectivity index (χ1v) is 8.26. The Morgan fingerprint density at radius 2 is 1.90 bits per heavy atom. The van der Waals surface area contributed by atoms with Gasteiger partial charge in [-0.25, -0.2) is 0 Å². The van der Waals surface area contributed by atoms with Gasteiger partial charge in [0.05, 0.1) is 0 Å². The molecule has 0 aromatic heterocycles. The number of likely N-dealkylation sites (N-methyl/N-ethyl adjacent to an activating group) is 1. The summed E-state index contributed by atoms with van der Waals surface area (Å²) in [4.78, 5) is 2.55. The molecular weight excluding hydrogens is 256 g/mol. The van der Waals surface area contributed by atoms with E-state index in [2.05, 4.69) is 66.5 Å². The third-order valence-corrected chi connectivity index (χ3v) is 4.99. The van der Waals surface area contributed by atoms with Crippen LogP contribution in [0.1, 0.15) is 33.1 Å². The van der Waals surface area contributed by atoms with Gasteiger partial charge in [-0.1, -0.05) is 43.3 Å². The lowest BCUT2D eigenvalue weighted by atomic mass is 9.93. The largest absolute Gasteiger partial charge is 0.369 e. The maximum Gasteiger partial charge on any atom is 0.0446 e. The SMILES string of the molecule is CCN(CC1(CC)CCCN1)c1cccc2ccccc12. The first-order chi connectivity index (χ1) is 10.3. The van der Waals surface area contributed by atoms with Crippen LogP contribution in [-0.4, -0.2) is 25.2 Å². The topological polar surface area (TPSA) is 15.3 Å². The number of nitrogens with zero attached hydrogens (tertiary/aromatic N) is 1. The molecule has 112 valence electrons. The van der Waals surface area contributed by atoms with Crippen LogP contribution in [0.25, 0.3) is 10.8 Å². The van der Waals surface area contributed by atoms with Crippen molar-refractivity contribution >= 4 is 16.5 Å². The fraction of sp³-hybridized carbons (Fsp3) is 0.474. The Bertz CT molecular complexity index is 594. The molecule has 1 aliphatic heterocycles. The molecule has 1 atom stereocenters. The zero-order chi connectivity index (χ0) is 14.7. The lowest BCUT2D eigenvalue weighted by Gasteiger charge is -2.36. The zero-order valence-electron chi connectivity index (χ0n) is 13.2. The molecule has 1 unspecified atom stereocenters. The van der Waals surface area contributed by atoms with Crippen LogP contribution in [0.5, 0.6) is 0 Å². The van der Waals surface area contributed by atoms with Crippen molar-refractivity contribution in [3.63, 3.8) is 0 Å². The molecule has 0 bridgehead atoms. The van der Waals surface area contributed by atoms with Crippen LogP contribution in [0.2, 0.25) is 0 Å². The Balaban J connectivity index is 1.95. The molecule has 0 saturated carbocycles. The highest BCUT2D eigenvalue weighted by molar-refractivity contribution is 5.94. The Kier molecular flexibility index (Phi) is 4.16. The Morgan fingerprint density at radius 1 is 1.10 bits per heavy atom. The molecule has 1 fully saturated rings. The molecule has 2 aromatic carbocycles. The van der Waals surface area contributed by atoms with E-state index in [9.17, 15) is 0 Å². The van der Waals surface area contributed by atoms with E-state index in [1.807, 2.05) is 0 Å². The second-order valence-corrected chi connectivity index (χ2v) is 6.18. The first kappa shape index (κ1) is 14.4. The minimum absolute atomic E-state index is 0.299. The van der Waals surface area contributed by atoms with Gasteiger partial charge in [-0.05, 0) is 44.2 Å². The van der Waals surface area contributed by atoms with Crippen LogP contribution in [0.3, 0.4) is 0 Å².